The third-order valence-corrected chi connectivity index (χ3v) is 11.6. The molecule has 0 saturated heterocycles. The van der Waals surface area contributed by atoms with Crippen LogP contribution in [-0.2, 0) is 0 Å². The number of nitrogens with one attached hydrogen (secondary N) is 1. The molecule has 0 aliphatic carbocycles. The van der Waals surface area contributed by atoms with Crippen molar-refractivity contribution in [2.75, 3.05) is 11.9 Å². The predicted molar refractivity (Wildman–Crippen MR) is 176 cm³/mol. The Morgan fingerprint density at radius 1 is 0.561 bits per heavy atom. The van der Waals surface area contributed by atoms with Gasteiger partial charge in [-0.05, 0) is 70.3 Å². The van der Waals surface area contributed by atoms with Crippen molar-refractivity contribution in [2.24, 2.45) is 0 Å². The van der Waals surface area contributed by atoms with E-state index in [0.717, 1.165) is 49.5 Å². The van der Waals surface area contributed by atoms with E-state index in [1.165, 1.54) is 0 Å². The summed E-state index contributed by atoms with van der Waals surface area (Å²) in [5, 5.41) is 17.3. The third-order valence-electron chi connectivity index (χ3n) is 7.45. The highest BCUT2D eigenvalue weighted by atomic mass is 31.2. The first-order valence-corrected chi connectivity index (χ1v) is 15.4. The number of nitriles is 1. The van der Waals surface area contributed by atoms with E-state index >= 15 is 0 Å². The van der Waals surface area contributed by atoms with Gasteiger partial charge in [-0.3, -0.25) is 0 Å². The summed E-state index contributed by atoms with van der Waals surface area (Å²) in [6, 6.07) is 52.9. The van der Waals surface area contributed by atoms with Crippen LogP contribution in [0.5, 0.6) is 0 Å². The summed E-state index contributed by atoms with van der Waals surface area (Å²) in [6.45, 7) is -2.36. The van der Waals surface area contributed by atoms with Crippen molar-refractivity contribution in [3.63, 3.8) is 0 Å². The summed E-state index contributed by atoms with van der Waals surface area (Å²) in [5.41, 5.74) is 6.42. The van der Waals surface area contributed by atoms with E-state index in [2.05, 4.69) is 150 Å². The maximum Gasteiger partial charge on any atom is 0.100 e. The fraction of sp³-hybridized carbons (Fsp3) is 0.0270. The fourth-order valence-electron chi connectivity index (χ4n) is 5.59. The molecule has 1 aliphatic rings. The van der Waals surface area contributed by atoms with Crippen LogP contribution in [0.3, 0.4) is 0 Å². The number of benzene rings is 5. The highest BCUT2D eigenvalue weighted by molar-refractivity contribution is 7.93. The molecule has 0 saturated carbocycles. The number of anilines is 3. The second kappa shape index (κ2) is 11.6. The number of para-hydroxylation sites is 2. The van der Waals surface area contributed by atoms with Crippen LogP contribution in [0.15, 0.2) is 163 Å². The van der Waals surface area contributed by atoms with E-state index in [1.807, 2.05) is 31.3 Å². The van der Waals surface area contributed by atoms with Gasteiger partial charge in [0.1, 0.15) is 6.07 Å². The summed E-state index contributed by atoms with van der Waals surface area (Å²) in [5.74, 6) is 0. The number of hydrogen-bond acceptors (Lipinski definition) is 3. The second-order valence-electron chi connectivity index (χ2n) is 9.77. The largest absolute Gasteiger partial charge is 0.387 e. The summed E-state index contributed by atoms with van der Waals surface area (Å²) in [4.78, 5) is 2.25. The third kappa shape index (κ3) is 4.80. The zero-order valence-corrected chi connectivity index (χ0v) is 23.7. The maximum atomic E-state index is 10.6. The van der Waals surface area contributed by atoms with Gasteiger partial charge in [0, 0.05) is 36.4 Å². The molecule has 0 amide bonds. The van der Waals surface area contributed by atoms with Gasteiger partial charge < -0.3 is 10.2 Å². The number of hydrogen-bond donors (Lipinski definition) is 1. The Balaban J connectivity index is 1.49. The number of allylic oxidation sites excluding steroid dienone is 3. The lowest BCUT2D eigenvalue weighted by Gasteiger charge is -2.34. The lowest BCUT2D eigenvalue weighted by molar-refractivity contribution is 1.07. The van der Waals surface area contributed by atoms with Crippen molar-refractivity contribution in [1.29, 1.82) is 5.26 Å². The standard InChI is InChI=1S/C37H30N3P/c1-39-37-27-30(26-36(28-38)41(37,34-18-10-4-11-19-34)35-20-12-5-13-21-35)29-22-24-33(25-23-29)40(31-14-6-2-7-15-31)32-16-8-3-9-17-32/h2-27,39H,1H3. The van der Waals surface area contributed by atoms with Gasteiger partial charge in [-0.2, -0.15) is 5.26 Å². The molecule has 5 aromatic carbocycles. The van der Waals surface area contributed by atoms with Crippen LogP contribution in [0.4, 0.5) is 17.1 Å². The highest BCUT2D eigenvalue weighted by Gasteiger charge is 2.33. The van der Waals surface area contributed by atoms with E-state index in [0.29, 0.717) is 0 Å². The minimum atomic E-state index is -2.36. The molecule has 0 radical (unpaired) electrons. The molecule has 5 aromatic rings. The van der Waals surface area contributed by atoms with Crippen LogP contribution in [0, 0.1) is 11.3 Å². The van der Waals surface area contributed by atoms with Crippen LogP contribution >= 0.6 is 6.89 Å². The summed E-state index contributed by atoms with van der Waals surface area (Å²) in [7, 11) is 1.96. The van der Waals surface area contributed by atoms with Crippen molar-refractivity contribution in [2.45, 2.75) is 0 Å². The monoisotopic (exact) mass is 547 g/mol. The Morgan fingerprint density at radius 2 is 1.00 bits per heavy atom. The van der Waals surface area contributed by atoms with Crippen LogP contribution in [0.25, 0.3) is 5.57 Å². The Labute approximate surface area is 242 Å². The van der Waals surface area contributed by atoms with Gasteiger partial charge in [0.2, 0.25) is 0 Å². The van der Waals surface area contributed by atoms with Crippen molar-refractivity contribution in [3.05, 3.63) is 169 Å². The molecule has 0 bridgehead atoms. The van der Waals surface area contributed by atoms with Crippen LogP contribution in [0.1, 0.15) is 5.56 Å². The molecule has 6 rings (SSSR count). The molecule has 1 aliphatic heterocycles. The van der Waals surface area contributed by atoms with Gasteiger partial charge in [-0.1, -0.05) is 109 Å². The second-order valence-corrected chi connectivity index (χ2v) is 13.1. The first-order chi connectivity index (χ1) is 20.3. The minimum absolute atomic E-state index is 0.788. The van der Waals surface area contributed by atoms with E-state index in [9.17, 15) is 5.26 Å². The molecular weight excluding hydrogens is 517 g/mol. The van der Waals surface area contributed by atoms with E-state index < -0.39 is 6.89 Å². The Kier molecular flexibility index (Phi) is 7.42. The first-order valence-electron chi connectivity index (χ1n) is 13.7. The Morgan fingerprint density at radius 3 is 1.44 bits per heavy atom. The average molecular weight is 548 g/mol. The normalized spacial score (nSPS) is 13.9. The zero-order chi connectivity index (χ0) is 28.1. The van der Waals surface area contributed by atoms with Crippen molar-refractivity contribution in [1.82, 2.24) is 5.32 Å². The zero-order valence-electron chi connectivity index (χ0n) is 22.9. The quantitative estimate of drug-likeness (QED) is 0.210. The number of rotatable bonds is 7. The lowest BCUT2D eigenvalue weighted by atomic mass is 10.0. The smallest absolute Gasteiger partial charge is 0.100 e. The van der Waals surface area contributed by atoms with E-state index in [-0.39, 0.29) is 0 Å². The van der Waals surface area contributed by atoms with Crippen molar-refractivity contribution < 1.29 is 0 Å². The van der Waals surface area contributed by atoms with Crippen LogP contribution in [-0.4, -0.2) is 12.3 Å². The molecule has 0 unspecified atom stereocenters. The number of nitrogens with zero attached hydrogens (tertiary/aromatic N) is 2. The topological polar surface area (TPSA) is 39.1 Å². The molecule has 1 N–H and O–H groups in total. The van der Waals surface area contributed by atoms with Crippen LogP contribution in [0.2, 0.25) is 0 Å². The molecule has 0 aromatic heterocycles. The predicted octanol–water partition coefficient (Wildman–Crippen LogP) is 7.98. The van der Waals surface area contributed by atoms with Gasteiger partial charge >= 0.3 is 0 Å². The molecule has 198 valence electrons. The van der Waals surface area contributed by atoms with Crippen molar-refractivity contribution >= 4 is 45.4 Å². The van der Waals surface area contributed by atoms with Crippen molar-refractivity contribution in [3.8, 4) is 6.07 Å². The van der Waals surface area contributed by atoms with E-state index in [1.54, 1.807) is 0 Å². The summed E-state index contributed by atoms with van der Waals surface area (Å²) < 4.78 is 0. The molecule has 1 heterocycles. The average Bonchev–Trinajstić information content (AvgIpc) is 3.06. The van der Waals surface area contributed by atoms with Gasteiger partial charge in [-0.15, -0.1) is 0 Å². The maximum absolute atomic E-state index is 10.6. The molecule has 41 heavy (non-hydrogen) atoms. The summed E-state index contributed by atoms with van der Waals surface area (Å²) >= 11 is 0. The SMILES string of the molecule is CNC1=CC(c2ccc(N(c3ccccc3)c3ccccc3)cc2)=CC(C#N)=P1(c1ccccc1)c1ccccc1. The summed E-state index contributed by atoms with van der Waals surface area (Å²) in [6.07, 6.45) is 4.32. The minimum Gasteiger partial charge on any atom is -0.387 e. The molecule has 0 fully saturated rings. The van der Waals surface area contributed by atoms with Gasteiger partial charge in [-0.25, -0.2) is 0 Å². The van der Waals surface area contributed by atoms with Gasteiger partial charge in [0.15, 0.2) is 0 Å². The van der Waals surface area contributed by atoms with Crippen LogP contribution < -0.4 is 20.8 Å². The first kappa shape index (κ1) is 26.2. The Hall–Kier alpha value is -5.03. The van der Waals surface area contributed by atoms with Gasteiger partial charge in [0.05, 0.1) is 5.29 Å². The molecule has 3 nitrogen and oxygen atoms in total. The molecular formula is C37H30N3P. The Bertz CT molecular complexity index is 1720. The highest BCUT2D eigenvalue weighted by Crippen LogP contribution is 2.56. The lowest BCUT2D eigenvalue weighted by Crippen LogP contribution is -2.28. The molecule has 0 atom stereocenters. The molecule has 4 heteroatoms. The van der Waals surface area contributed by atoms with E-state index in [4.69, 9.17) is 0 Å². The molecule has 0 spiro atoms. The van der Waals surface area contributed by atoms with Gasteiger partial charge in [0.25, 0.3) is 0 Å². The fourth-order valence-corrected chi connectivity index (χ4v) is 9.65.